The number of phenols is 1. The number of phenolic OH excluding ortho intramolecular Hbond substituents is 1. The molecule has 1 aliphatic heterocycles. The van der Waals surface area contributed by atoms with Crippen LogP contribution in [0, 0.1) is 0 Å². The van der Waals surface area contributed by atoms with E-state index in [1.54, 1.807) is 18.3 Å². The van der Waals surface area contributed by atoms with Gasteiger partial charge in [-0.25, -0.2) is 8.42 Å². The highest BCUT2D eigenvalue weighted by molar-refractivity contribution is 7.89. The van der Waals surface area contributed by atoms with Crippen molar-refractivity contribution in [3.8, 4) is 5.75 Å². The van der Waals surface area contributed by atoms with Gasteiger partial charge in [0.15, 0.2) is 0 Å². The highest BCUT2D eigenvalue weighted by atomic mass is 32.2. The first-order valence-corrected chi connectivity index (χ1v) is 9.01. The van der Waals surface area contributed by atoms with Gasteiger partial charge in [-0.15, -0.1) is 0 Å². The Hall–Kier alpha value is -2.51. The van der Waals surface area contributed by atoms with Crippen LogP contribution in [-0.4, -0.2) is 34.3 Å². The van der Waals surface area contributed by atoms with E-state index in [4.69, 9.17) is 0 Å². The van der Waals surface area contributed by atoms with Crippen LogP contribution in [0.25, 0.3) is 10.9 Å². The Morgan fingerprint density at radius 2 is 1.83 bits per heavy atom. The quantitative estimate of drug-likeness (QED) is 0.771. The molecule has 0 bridgehead atoms. The van der Waals surface area contributed by atoms with Crippen molar-refractivity contribution < 1.29 is 13.5 Å². The molecule has 0 fully saturated rings. The van der Waals surface area contributed by atoms with Gasteiger partial charge in [0.1, 0.15) is 11.3 Å². The largest absolute Gasteiger partial charge is 0.506 e. The molecule has 122 valence electrons. The van der Waals surface area contributed by atoms with Crippen molar-refractivity contribution in [3.63, 3.8) is 0 Å². The minimum Gasteiger partial charge on any atom is -0.506 e. The lowest BCUT2D eigenvalue weighted by molar-refractivity contribution is 0.386. The van der Waals surface area contributed by atoms with Crippen molar-refractivity contribution in [2.45, 2.75) is 17.9 Å². The average Bonchev–Trinajstić information content (AvgIpc) is 2.61. The number of nitrogens with zero attached hydrogens (tertiary/aromatic N) is 3. The van der Waals surface area contributed by atoms with Crippen LogP contribution < -0.4 is 0 Å². The second-order valence-electron chi connectivity index (χ2n) is 5.68. The molecule has 0 saturated heterocycles. The summed E-state index contributed by atoms with van der Waals surface area (Å²) in [4.78, 5) is 8.54. The van der Waals surface area contributed by atoms with Crippen molar-refractivity contribution in [1.82, 2.24) is 14.3 Å². The fraction of sp³-hybridized carbons (Fsp3) is 0.176. The van der Waals surface area contributed by atoms with Crippen molar-refractivity contribution in [2.75, 3.05) is 6.54 Å². The van der Waals surface area contributed by atoms with Gasteiger partial charge in [0.25, 0.3) is 0 Å². The average molecular weight is 341 g/mol. The molecule has 0 saturated carbocycles. The lowest BCUT2D eigenvalue weighted by Gasteiger charge is -2.27. The van der Waals surface area contributed by atoms with Gasteiger partial charge in [-0.3, -0.25) is 9.97 Å². The SMILES string of the molecule is O=S(=O)(c1ccc(O)c2ncccc12)N1CCc2cccnc2C1. The van der Waals surface area contributed by atoms with Crippen molar-refractivity contribution in [3.05, 3.63) is 60.0 Å². The van der Waals surface area contributed by atoms with Crippen LogP contribution in [-0.2, 0) is 23.0 Å². The Morgan fingerprint density at radius 1 is 1.04 bits per heavy atom. The minimum absolute atomic E-state index is 0.0322. The minimum atomic E-state index is -3.71. The van der Waals surface area contributed by atoms with Crippen LogP contribution in [0.4, 0.5) is 0 Å². The zero-order chi connectivity index (χ0) is 16.7. The number of fused-ring (bicyclic) bond motifs is 2. The summed E-state index contributed by atoms with van der Waals surface area (Å²) in [5.41, 5.74) is 2.16. The molecule has 7 heteroatoms. The van der Waals surface area contributed by atoms with Crippen LogP contribution in [0.3, 0.4) is 0 Å². The number of hydrogen-bond acceptors (Lipinski definition) is 5. The van der Waals surface area contributed by atoms with Crippen LogP contribution in [0.1, 0.15) is 11.3 Å². The van der Waals surface area contributed by atoms with Crippen LogP contribution in [0.15, 0.2) is 53.7 Å². The third-order valence-corrected chi connectivity index (χ3v) is 6.17. The molecule has 0 unspecified atom stereocenters. The van der Waals surface area contributed by atoms with Crippen LogP contribution in [0.5, 0.6) is 5.75 Å². The fourth-order valence-electron chi connectivity index (χ4n) is 3.03. The van der Waals surface area contributed by atoms with Crippen molar-refractivity contribution in [1.29, 1.82) is 0 Å². The number of hydrogen-bond donors (Lipinski definition) is 1. The lowest BCUT2D eigenvalue weighted by Crippen LogP contribution is -2.36. The molecule has 0 radical (unpaired) electrons. The molecule has 1 aliphatic rings. The molecular weight excluding hydrogens is 326 g/mol. The van der Waals surface area contributed by atoms with Gasteiger partial charge < -0.3 is 5.11 Å². The smallest absolute Gasteiger partial charge is 0.244 e. The van der Waals surface area contributed by atoms with Crippen molar-refractivity contribution >= 4 is 20.9 Å². The Balaban J connectivity index is 1.81. The predicted molar refractivity (Wildman–Crippen MR) is 88.9 cm³/mol. The van der Waals surface area contributed by atoms with E-state index in [0.717, 1.165) is 11.3 Å². The summed E-state index contributed by atoms with van der Waals surface area (Å²) >= 11 is 0. The Morgan fingerprint density at radius 3 is 2.71 bits per heavy atom. The monoisotopic (exact) mass is 341 g/mol. The van der Waals surface area contributed by atoms with Gasteiger partial charge >= 0.3 is 0 Å². The molecule has 4 rings (SSSR count). The van der Waals surface area contributed by atoms with Gasteiger partial charge in [-0.05, 0) is 42.3 Å². The van der Waals surface area contributed by atoms with Gasteiger partial charge in [0, 0.05) is 24.3 Å². The molecule has 24 heavy (non-hydrogen) atoms. The molecule has 2 aromatic heterocycles. The summed E-state index contributed by atoms with van der Waals surface area (Å²) in [5.74, 6) is -0.0322. The molecule has 0 atom stereocenters. The molecule has 0 amide bonds. The Labute approximate surface area is 139 Å². The van der Waals surface area contributed by atoms with Crippen LogP contribution >= 0.6 is 0 Å². The number of pyridine rings is 2. The van der Waals surface area contributed by atoms with Gasteiger partial charge in [-0.2, -0.15) is 4.31 Å². The summed E-state index contributed by atoms with van der Waals surface area (Å²) in [6.07, 6.45) is 3.84. The van der Waals surface area contributed by atoms with E-state index < -0.39 is 10.0 Å². The summed E-state index contributed by atoms with van der Waals surface area (Å²) < 4.78 is 27.7. The Bertz CT molecular complexity index is 1030. The number of aromatic nitrogens is 2. The first kappa shape index (κ1) is 15.0. The fourth-order valence-corrected chi connectivity index (χ4v) is 4.62. The number of benzene rings is 1. The number of rotatable bonds is 2. The van der Waals surface area contributed by atoms with Gasteiger partial charge in [-0.1, -0.05) is 6.07 Å². The molecule has 6 nitrogen and oxygen atoms in total. The second-order valence-corrected chi connectivity index (χ2v) is 7.59. The molecule has 1 N–H and O–H groups in total. The van der Waals surface area contributed by atoms with Gasteiger partial charge in [0.05, 0.1) is 17.1 Å². The molecule has 0 aliphatic carbocycles. The highest BCUT2D eigenvalue weighted by Gasteiger charge is 2.30. The van der Waals surface area contributed by atoms with E-state index in [2.05, 4.69) is 9.97 Å². The van der Waals surface area contributed by atoms with E-state index in [-0.39, 0.29) is 22.7 Å². The first-order chi connectivity index (χ1) is 11.6. The summed E-state index contributed by atoms with van der Waals surface area (Å²) in [5, 5.41) is 10.3. The summed E-state index contributed by atoms with van der Waals surface area (Å²) in [6, 6.07) is 9.97. The maximum absolute atomic E-state index is 13.1. The van der Waals surface area contributed by atoms with E-state index in [9.17, 15) is 13.5 Å². The van der Waals surface area contributed by atoms with E-state index in [1.807, 2.05) is 12.1 Å². The normalized spacial score (nSPS) is 15.3. The maximum Gasteiger partial charge on any atom is 0.244 e. The zero-order valence-electron chi connectivity index (χ0n) is 12.8. The first-order valence-electron chi connectivity index (χ1n) is 7.57. The lowest BCUT2D eigenvalue weighted by atomic mass is 10.1. The zero-order valence-corrected chi connectivity index (χ0v) is 13.6. The van der Waals surface area contributed by atoms with Crippen molar-refractivity contribution in [2.24, 2.45) is 0 Å². The third-order valence-electron chi connectivity index (χ3n) is 4.27. The van der Waals surface area contributed by atoms with Crippen LogP contribution in [0.2, 0.25) is 0 Å². The molecule has 0 spiro atoms. The topological polar surface area (TPSA) is 83.4 Å². The maximum atomic E-state index is 13.1. The summed E-state index contributed by atoms with van der Waals surface area (Å²) in [6.45, 7) is 0.658. The van der Waals surface area contributed by atoms with Gasteiger partial charge in [0.2, 0.25) is 10.0 Å². The molecule has 1 aromatic carbocycles. The third kappa shape index (κ3) is 2.33. The Kier molecular flexibility index (Phi) is 3.47. The molecule has 3 aromatic rings. The molecule has 3 heterocycles. The molecular formula is C17H15N3O3S. The predicted octanol–water partition coefficient (Wildman–Crippen LogP) is 2.08. The standard InChI is InChI=1S/C17H15N3O3S/c21-15-5-6-16(13-4-2-9-19-17(13)15)24(22,23)20-10-7-12-3-1-8-18-14(12)11-20/h1-6,8-9,21H,7,10-11H2. The van der Waals surface area contributed by atoms with E-state index >= 15 is 0 Å². The second kappa shape index (κ2) is 5.54. The number of sulfonamides is 1. The summed E-state index contributed by atoms with van der Waals surface area (Å²) in [7, 11) is -3.71. The van der Waals surface area contributed by atoms with E-state index in [0.29, 0.717) is 18.4 Å². The highest BCUT2D eigenvalue weighted by Crippen LogP contribution is 2.31. The van der Waals surface area contributed by atoms with E-state index in [1.165, 1.54) is 22.6 Å². The number of aromatic hydroxyl groups is 1.